The smallest absolute Gasteiger partial charge is 0.337 e. The number of non-ortho nitro benzene ring substituents is 1. The molecule has 2 aromatic rings. The minimum atomic E-state index is -1.16. The number of carboxylic acids is 1. The van der Waals surface area contributed by atoms with E-state index in [-0.39, 0.29) is 23.5 Å². The van der Waals surface area contributed by atoms with Crippen LogP contribution in [0, 0.1) is 10.1 Å². The van der Waals surface area contributed by atoms with Gasteiger partial charge in [0, 0.05) is 18.7 Å². The monoisotopic (exact) mass is 291 g/mol. The molecule has 9 heteroatoms. The highest BCUT2D eigenvalue weighted by Gasteiger charge is 2.15. The molecule has 0 aliphatic heterocycles. The summed E-state index contributed by atoms with van der Waals surface area (Å²) in [5, 5.41) is 30.4. The summed E-state index contributed by atoms with van der Waals surface area (Å²) in [4.78, 5) is 21.3. The topological polar surface area (TPSA) is 123 Å². The summed E-state index contributed by atoms with van der Waals surface area (Å²) in [6.07, 6.45) is 1.56. The predicted octanol–water partition coefficient (Wildman–Crippen LogP) is 1.52. The number of hydrogen-bond acceptors (Lipinski definition) is 6. The number of nitro benzene ring substituents is 1. The Bertz CT molecular complexity index is 682. The van der Waals surface area contributed by atoms with Gasteiger partial charge in [0.15, 0.2) is 5.82 Å². The predicted molar refractivity (Wildman–Crippen MR) is 73.1 cm³/mol. The van der Waals surface area contributed by atoms with Crippen LogP contribution < -0.4 is 5.32 Å². The third-order valence-electron chi connectivity index (χ3n) is 2.92. The molecule has 0 atom stereocenters. The summed E-state index contributed by atoms with van der Waals surface area (Å²) < 4.78 is 1.78. The van der Waals surface area contributed by atoms with Crippen molar-refractivity contribution in [3.05, 3.63) is 46.0 Å². The van der Waals surface area contributed by atoms with Crippen LogP contribution in [0.15, 0.2) is 24.5 Å². The van der Waals surface area contributed by atoms with E-state index in [1.807, 2.05) is 6.92 Å². The van der Waals surface area contributed by atoms with Gasteiger partial charge in [0.2, 0.25) is 0 Å². The highest BCUT2D eigenvalue weighted by atomic mass is 16.6. The van der Waals surface area contributed by atoms with Crippen molar-refractivity contribution >= 4 is 17.3 Å². The Labute approximate surface area is 119 Å². The number of carbonyl (C=O) groups is 1. The lowest BCUT2D eigenvalue weighted by Gasteiger charge is -2.09. The highest BCUT2D eigenvalue weighted by Crippen LogP contribution is 2.23. The van der Waals surface area contributed by atoms with Gasteiger partial charge in [-0.25, -0.2) is 4.79 Å². The molecule has 0 aliphatic carbocycles. The van der Waals surface area contributed by atoms with E-state index >= 15 is 0 Å². The number of hydrogen-bond donors (Lipinski definition) is 2. The van der Waals surface area contributed by atoms with E-state index in [0.29, 0.717) is 12.4 Å². The summed E-state index contributed by atoms with van der Waals surface area (Å²) in [5.41, 5.74) is -0.0509. The molecule has 1 heterocycles. The molecule has 0 aliphatic rings. The Morgan fingerprint density at radius 3 is 2.90 bits per heavy atom. The summed E-state index contributed by atoms with van der Waals surface area (Å²) in [7, 11) is 0. The van der Waals surface area contributed by atoms with E-state index in [1.165, 1.54) is 12.1 Å². The fraction of sp³-hybridized carbons (Fsp3) is 0.250. The molecule has 0 fully saturated rings. The maximum Gasteiger partial charge on any atom is 0.337 e. The maximum atomic E-state index is 11.1. The number of rotatable bonds is 6. The zero-order chi connectivity index (χ0) is 15.4. The number of carboxylic acid groups (broad SMARTS) is 1. The van der Waals surface area contributed by atoms with Crippen molar-refractivity contribution in [2.24, 2.45) is 0 Å². The SMILES string of the molecule is CCn1cnnc1CNc1cc([N+](=O)[O-])ccc1C(=O)O. The fourth-order valence-corrected chi connectivity index (χ4v) is 1.83. The second-order valence-corrected chi connectivity index (χ2v) is 4.18. The molecular weight excluding hydrogens is 278 g/mol. The molecule has 1 aromatic heterocycles. The Balaban J connectivity index is 2.27. The molecule has 21 heavy (non-hydrogen) atoms. The zero-order valence-corrected chi connectivity index (χ0v) is 11.2. The molecular formula is C12H13N5O4. The Kier molecular flexibility index (Phi) is 4.12. The first kappa shape index (κ1) is 14.4. The number of benzene rings is 1. The summed E-state index contributed by atoms with van der Waals surface area (Å²) in [5.74, 6) is -0.551. The number of aromatic nitrogens is 3. The fourth-order valence-electron chi connectivity index (χ4n) is 1.83. The van der Waals surface area contributed by atoms with E-state index < -0.39 is 10.9 Å². The molecule has 0 spiro atoms. The normalized spacial score (nSPS) is 10.3. The molecule has 0 amide bonds. The van der Waals surface area contributed by atoms with E-state index in [9.17, 15) is 14.9 Å². The molecule has 1 aromatic carbocycles. The molecule has 2 N–H and O–H groups in total. The standard InChI is InChI=1S/C12H13N5O4/c1-2-16-7-14-15-11(16)6-13-10-5-8(17(20)21)3-4-9(10)12(18)19/h3-5,7,13H,2,6H2,1H3,(H,18,19). The molecule has 0 radical (unpaired) electrons. The first-order valence-electron chi connectivity index (χ1n) is 6.15. The largest absolute Gasteiger partial charge is 0.478 e. The zero-order valence-electron chi connectivity index (χ0n) is 11.2. The lowest BCUT2D eigenvalue weighted by atomic mass is 10.1. The Morgan fingerprint density at radius 2 is 2.29 bits per heavy atom. The van der Waals surface area contributed by atoms with Crippen molar-refractivity contribution in [3.63, 3.8) is 0 Å². The molecule has 110 valence electrons. The number of aromatic carboxylic acids is 1. The molecule has 0 saturated heterocycles. The average molecular weight is 291 g/mol. The molecule has 0 unspecified atom stereocenters. The van der Waals surface area contributed by atoms with Gasteiger partial charge >= 0.3 is 5.97 Å². The van der Waals surface area contributed by atoms with E-state index in [2.05, 4.69) is 15.5 Å². The number of nitrogens with zero attached hydrogens (tertiary/aromatic N) is 4. The minimum Gasteiger partial charge on any atom is -0.478 e. The third-order valence-corrected chi connectivity index (χ3v) is 2.92. The van der Waals surface area contributed by atoms with Crippen molar-refractivity contribution in [2.45, 2.75) is 20.0 Å². The molecule has 0 bridgehead atoms. The van der Waals surface area contributed by atoms with Crippen LogP contribution in [0.2, 0.25) is 0 Å². The van der Waals surface area contributed by atoms with Gasteiger partial charge < -0.3 is 15.0 Å². The van der Waals surface area contributed by atoms with E-state index in [0.717, 1.165) is 6.07 Å². The maximum absolute atomic E-state index is 11.1. The minimum absolute atomic E-state index is 0.0387. The molecule has 9 nitrogen and oxygen atoms in total. The first-order chi connectivity index (χ1) is 10.0. The van der Waals surface area contributed by atoms with E-state index in [1.54, 1.807) is 10.9 Å². The molecule has 0 saturated carbocycles. The van der Waals surface area contributed by atoms with Gasteiger partial charge in [-0.2, -0.15) is 0 Å². The highest BCUT2D eigenvalue weighted by molar-refractivity contribution is 5.94. The number of aryl methyl sites for hydroxylation is 1. The average Bonchev–Trinajstić information content (AvgIpc) is 2.91. The third kappa shape index (κ3) is 3.14. The lowest BCUT2D eigenvalue weighted by Crippen LogP contribution is -2.11. The van der Waals surface area contributed by atoms with Crippen LogP contribution in [0.4, 0.5) is 11.4 Å². The van der Waals surface area contributed by atoms with Gasteiger partial charge in [0.05, 0.1) is 22.7 Å². The van der Waals surface area contributed by atoms with Gasteiger partial charge in [-0.3, -0.25) is 10.1 Å². The Hall–Kier alpha value is -2.97. The van der Waals surface area contributed by atoms with Gasteiger partial charge in [-0.15, -0.1) is 10.2 Å². The molecule has 2 rings (SSSR count). The lowest BCUT2D eigenvalue weighted by molar-refractivity contribution is -0.384. The van der Waals surface area contributed by atoms with Crippen molar-refractivity contribution in [1.29, 1.82) is 0 Å². The second-order valence-electron chi connectivity index (χ2n) is 4.18. The number of anilines is 1. The van der Waals surface area contributed by atoms with Gasteiger partial charge in [0.1, 0.15) is 6.33 Å². The van der Waals surface area contributed by atoms with Crippen LogP contribution in [0.25, 0.3) is 0 Å². The quantitative estimate of drug-likeness (QED) is 0.610. The summed E-state index contributed by atoms with van der Waals surface area (Å²) in [6, 6.07) is 3.55. The van der Waals surface area contributed by atoms with Crippen LogP contribution in [-0.4, -0.2) is 30.8 Å². The number of nitro groups is 1. The van der Waals surface area contributed by atoms with Gasteiger partial charge in [-0.1, -0.05) is 0 Å². The van der Waals surface area contributed by atoms with Crippen molar-refractivity contribution in [1.82, 2.24) is 14.8 Å². The number of nitrogens with one attached hydrogen (secondary N) is 1. The van der Waals surface area contributed by atoms with Crippen LogP contribution >= 0.6 is 0 Å². The van der Waals surface area contributed by atoms with Gasteiger partial charge in [-0.05, 0) is 13.0 Å². The van der Waals surface area contributed by atoms with Crippen LogP contribution in [0.5, 0.6) is 0 Å². The summed E-state index contributed by atoms with van der Waals surface area (Å²) >= 11 is 0. The second kappa shape index (κ2) is 5.99. The van der Waals surface area contributed by atoms with Crippen molar-refractivity contribution < 1.29 is 14.8 Å². The van der Waals surface area contributed by atoms with Crippen LogP contribution in [0.3, 0.4) is 0 Å². The van der Waals surface area contributed by atoms with Crippen LogP contribution in [-0.2, 0) is 13.1 Å². The Morgan fingerprint density at radius 1 is 1.52 bits per heavy atom. The van der Waals surface area contributed by atoms with Crippen molar-refractivity contribution in [3.8, 4) is 0 Å². The van der Waals surface area contributed by atoms with Crippen LogP contribution in [0.1, 0.15) is 23.1 Å². The van der Waals surface area contributed by atoms with Crippen molar-refractivity contribution in [2.75, 3.05) is 5.32 Å². The van der Waals surface area contributed by atoms with Gasteiger partial charge in [0.25, 0.3) is 5.69 Å². The van der Waals surface area contributed by atoms with E-state index in [4.69, 9.17) is 5.11 Å². The summed E-state index contributed by atoms with van der Waals surface area (Å²) in [6.45, 7) is 2.81. The first-order valence-corrected chi connectivity index (χ1v) is 6.15.